The van der Waals surface area contributed by atoms with E-state index in [9.17, 15) is 4.79 Å². The minimum atomic E-state index is -0.914. The van der Waals surface area contributed by atoms with Gasteiger partial charge in [-0.15, -0.1) is 0 Å². The van der Waals surface area contributed by atoms with Gasteiger partial charge in [0.1, 0.15) is 0 Å². The second-order valence-corrected chi connectivity index (χ2v) is 3.80. The van der Waals surface area contributed by atoms with Crippen LogP contribution in [-0.2, 0) is 0 Å². The molecule has 0 radical (unpaired) electrons. The fourth-order valence-electron chi connectivity index (χ4n) is 1.45. The lowest BCUT2D eigenvalue weighted by molar-refractivity contribution is 0.0697. The molecule has 2 rings (SSSR count). The summed E-state index contributed by atoms with van der Waals surface area (Å²) in [5.41, 5.74) is 1.24. The monoisotopic (exact) mass is 237 g/mol. The Balaban J connectivity index is 2.10. The zero-order valence-corrected chi connectivity index (χ0v) is 9.25. The Bertz CT molecular complexity index is 409. The molecule has 6 heteroatoms. The lowest BCUT2D eigenvalue weighted by Crippen LogP contribution is -2.54. The van der Waals surface area contributed by atoms with E-state index in [1.807, 2.05) is 4.90 Å². The highest BCUT2D eigenvalue weighted by Gasteiger charge is 2.12. The fourth-order valence-corrected chi connectivity index (χ4v) is 1.58. The van der Waals surface area contributed by atoms with Crippen LogP contribution in [0, 0.1) is 0 Å². The van der Waals surface area contributed by atoms with Crippen LogP contribution < -0.4 is 15.5 Å². The second-order valence-electron chi connectivity index (χ2n) is 3.39. The average molecular weight is 237 g/mol. The predicted molar refractivity (Wildman–Crippen MR) is 64.5 cm³/mol. The third kappa shape index (κ3) is 2.22. The maximum Gasteiger partial charge on any atom is 0.335 e. The Kier molecular flexibility index (Phi) is 2.91. The lowest BCUT2D eigenvalue weighted by Gasteiger charge is -2.31. The highest BCUT2D eigenvalue weighted by atomic mass is 32.1. The molecule has 1 aliphatic rings. The van der Waals surface area contributed by atoms with Crippen molar-refractivity contribution in [2.75, 3.05) is 18.2 Å². The van der Waals surface area contributed by atoms with Crippen LogP contribution in [0.15, 0.2) is 24.3 Å². The molecule has 0 aromatic heterocycles. The number of nitrogens with one attached hydrogen (secondary N) is 2. The smallest absolute Gasteiger partial charge is 0.335 e. The molecule has 1 aliphatic heterocycles. The van der Waals surface area contributed by atoms with Crippen molar-refractivity contribution in [2.24, 2.45) is 0 Å². The van der Waals surface area contributed by atoms with Gasteiger partial charge in [0.25, 0.3) is 0 Å². The summed E-state index contributed by atoms with van der Waals surface area (Å²) in [6.07, 6.45) is 0. The number of carboxylic acid groups (broad SMARTS) is 1. The van der Waals surface area contributed by atoms with Gasteiger partial charge in [0, 0.05) is 5.69 Å². The Labute approximate surface area is 98.1 Å². The number of hydrogen-bond donors (Lipinski definition) is 3. The normalized spacial score (nSPS) is 15.2. The standard InChI is InChI=1S/C10H11N3O2S/c14-9(15)7-1-3-8(4-2-7)13-5-11-10(16)12-6-13/h1-4H,5-6H2,(H,14,15)(H2,11,12,16). The number of benzene rings is 1. The molecule has 1 fully saturated rings. The van der Waals surface area contributed by atoms with Gasteiger partial charge in [-0.1, -0.05) is 0 Å². The zero-order valence-electron chi connectivity index (χ0n) is 8.43. The summed E-state index contributed by atoms with van der Waals surface area (Å²) in [5.74, 6) is -0.914. The van der Waals surface area contributed by atoms with Crippen LogP contribution in [0.2, 0.25) is 0 Å². The van der Waals surface area contributed by atoms with Crippen LogP contribution in [0.5, 0.6) is 0 Å². The Morgan fingerprint density at radius 1 is 1.25 bits per heavy atom. The number of thiocarbonyl (C=S) groups is 1. The van der Waals surface area contributed by atoms with E-state index in [4.69, 9.17) is 17.3 Å². The van der Waals surface area contributed by atoms with Gasteiger partial charge in [-0.25, -0.2) is 4.79 Å². The second kappa shape index (κ2) is 4.36. The van der Waals surface area contributed by atoms with Gasteiger partial charge >= 0.3 is 5.97 Å². The molecule has 1 aromatic carbocycles. The highest BCUT2D eigenvalue weighted by molar-refractivity contribution is 7.80. The third-order valence-corrected chi connectivity index (χ3v) is 2.63. The molecule has 5 nitrogen and oxygen atoms in total. The molecule has 1 heterocycles. The van der Waals surface area contributed by atoms with Crippen LogP contribution in [0.25, 0.3) is 0 Å². The Hall–Kier alpha value is -1.82. The van der Waals surface area contributed by atoms with Gasteiger partial charge in [0.05, 0.1) is 18.9 Å². The SMILES string of the molecule is O=C(O)c1ccc(N2CNC(=S)NC2)cc1. The van der Waals surface area contributed by atoms with Crippen molar-refractivity contribution in [1.82, 2.24) is 10.6 Å². The summed E-state index contributed by atoms with van der Waals surface area (Å²) >= 11 is 4.94. The number of carboxylic acids is 1. The molecular formula is C10H11N3O2S. The van der Waals surface area contributed by atoms with E-state index >= 15 is 0 Å². The number of nitrogens with zero attached hydrogens (tertiary/aromatic N) is 1. The van der Waals surface area contributed by atoms with Gasteiger partial charge in [-0.2, -0.15) is 0 Å². The van der Waals surface area contributed by atoms with Crippen molar-refractivity contribution in [2.45, 2.75) is 0 Å². The summed E-state index contributed by atoms with van der Waals surface area (Å²) in [4.78, 5) is 12.7. The number of anilines is 1. The molecule has 0 spiro atoms. The molecule has 3 N–H and O–H groups in total. The first-order chi connectivity index (χ1) is 7.66. The largest absolute Gasteiger partial charge is 0.478 e. The molecule has 0 aliphatic carbocycles. The molecule has 0 atom stereocenters. The van der Waals surface area contributed by atoms with Crippen LogP contribution >= 0.6 is 12.2 Å². The summed E-state index contributed by atoms with van der Waals surface area (Å²) < 4.78 is 0. The highest BCUT2D eigenvalue weighted by Crippen LogP contribution is 2.14. The molecular weight excluding hydrogens is 226 g/mol. The minimum Gasteiger partial charge on any atom is -0.478 e. The predicted octanol–water partition coefficient (Wildman–Crippen LogP) is 0.584. The van der Waals surface area contributed by atoms with Gasteiger partial charge in [0.15, 0.2) is 5.11 Å². The Morgan fingerprint density at radius 3 is 2.31 bits per heavy atom. The number of hydrogen-bond acceptors (Lipinski definition) is 3. The number of carbonyl (C=O) groups is 1. The van der Waals surface area contributed by atoms with Gasteiger partial charge in [0.2, 0.25) is 0 Å². The van der Waals surface area contributed by atoms with E-state index in [2.05, 4.69) is 10.6 Å². The van der Waals surface area contributed by atoms with Crippen LogP contribution in [0.1, 0.15) is 10.4 Å². The molecule has 0 saturated carbocycles. The molecule has 16 heavy (non-hydrogen) atoms. The number of rotatable bonds is 2. The summed E-state index contributed by atoms with van der Waals surface area (Å²) in [6.45, 7) is 1.25. The number of aromatic carboxylic acids is 1. The van der Waals surface area contributed by atoms with Crippen molar-refractivity contribution in [3.63, 3.8) is 0 Å². The first-order valence-electron chi connectivity index (χ1n) is 4.77. The van der Waals surface area contributed by atoms with E-state index in [1.54, 1.807) is 24.3 Å². The van der Waals surface area contributed by atoms with Gasteiger partial charge in [-0.05, 0) is 36.5 Å². The molecule has 0 bridgehead atoms. The first-order valence-corrected chi connectivity index (χ1v) is 5.17. The van der Waals surface area contributed by atoms with Crippen LogP contribution in [0.3, 0.4) is 0 Å². The van der Waals surface area contributed by atoms with E-state index in [-0.39, 0.29) is 5.56 Å². The van der Waals surface area contributed by atoms with E-state index in [1.165, 1.54) is 0 Å². The molecule has 0 amide bonds. The summed E-state index contributed by atoms with van der Waals surface area (Å²) in [6, 6.07) is 6.73. The maximum atomic E-state index is 10.7. The van der Waals surface area contributed by atoms with E-state index < -0.39 is 5.97 Å². The van der Waals surface area contributed by atoms with Crippen molar-refractivity contribution in [3.8, 4) is 0 Å². The van der Waals surface area contributed by atoms with E-state index in [0.717, 1.165) is 5.69 Å². The van der Waals surface area contributed by atoms with Crippen molar-refractivity contribution in [3.05, 3.63) is 29.8 Å². The minimum absolute atomic E-state index is 0.289. The maximum absolute atomic E-state index is 10.7. The summed E-state index contributed by atoms with van der Waals surface area (Å²) in [5, 5.41) is 15.4. The topological polar surface area (TPSA) is 64.6 Å². The average Bonchev–Trinajstić information content (AvgIpc) is 2.30. The Morgan fingerprint density at radius 2 is 1.81 bits per heavy atom. The van der Waals surface area contributed by atoms with Crippen LogP contribution in [0.4, 0.5) is 5.69 Å². The van der Waals surface area contributed by atoms with Crippen molar-refractivity contribution < 1.29 is 9.90 Å². The summed E-state index contributed by atoms with van der Waals surface area (Å²) in [7, 11) is 0. The first kappa shape index (κ1) is 10.7. The molecule has 84 valence electrons. The zero-order chi connectivity index (χ0) is 11.5. The van der Waals surface area contributed by atoms with Gasteiger partial charge < -0.3 is 20.6 Å². The van der Waals surface area contributed by atoms with Crippen LogP contribution in [-0.4, -0.2) is 29.5 Å². The third-order valence-electron chi connectivity index (χ3n) is 2.34. The molecule has 1 saturated heterocycles. The van der Waals surface area contributed by atoms with Gasteiger partial charge in [-0.3, -0.25) is 0 Å². The van der Waals surface area contributed by atoms with Crippen molar-refractivity contribution >= 4 is 29.0 Å². The fraction of sp³-hybridized carbons (Fsp3) is 0.200. The quantitative estimate of drug-likeness (QED) is 0.654. The molecule has 0 unspecified atom stereocenters. The molecule has 1 aromatic rings. The lowest BCUT2D eigenvalue weighted by atomic mass is 10.2. The van der Waals surface area contributed by atoms with Crippen molar-refractivity contribution in [1.29, 1.82) is 0 Å². The van der Waals surface area contributed by atoms with E-state index in [0.29, 0.717) is 18.4 Å².